The van der Waals surface area contributed by atoms with Gasteiger partial charge in [-0.05, 0) is 24.7 Å². The summed E-state index contributed by atoms with van der Waals surface area (Å²) in [5.74, 6) is 1.79. The lowest BCUT2D eigenvalue weighted by molar-refractivity contribution is 0.253. The van der Waals surface area contributed by atoms with Gasteiger partial charge in [-0.3, -0.25) is 4.79 Å². The molecule has 18 heavy (non-hydrogen) atoms. The minimum atomic E-state index is -0.0365. The van der Waals surface area contributed by atoms with Crippen molar-refractivity contribution in [3.63, 3.8) is 0 Å². The van der Waals surface area contributed by atoms with Crippen molar-refractivity contribution in [2.24, 2.45) is 18.9 Å². The second-order valence-corrected chi connectivity index (χ2v) is 5.64. The van der Waals surface area contributed by atoms with Gasteiger partial charge in [-0.2, -0.15) is 0 Å². The van der Waals surface area contributed by atoms with Crippen molar-refractivity contribution >= 4 is 5.82 Å². The van der Waals surface area contributed by atoms with E-state index in [1.165, 1.54) is 19.3 Å². The molecule has 0 spiro atoms. The molecular weight excluding hydrogens is 226 g/mol. The van der Waals surface area contributed by atoms with Gasteiger partial charge in [0.25, 0.3) is 5.56 Å². The van der Waals surface area contributed by atoms with Crippen molar-refractivity contribution < 1.29 is 0 Å². The standard InChI is InChI=1S/C14H23N3O/c1-10(2)11-6-4-5-7-12(11)16-13-14(18)17(3)9-8-15-13/h8-12H,4-7H2,1-3H3,(H,15,16). The van der Waals surface area contributed by atoms with Gasteiger partial charge in [-0.25, -0.2) is 4.98 Å². The molecule has 0 amide bonds. The predicted octanol–water partition coefficient (Wildman–Crippen LogP) is 2.41. The molecule has 1 aliphatic carbocycles. The average Bonchev–Trinajstić information content (AvgIpc) is 2.35. The van der Waals surface area contributed by atoms with Crippen LogP contribution in [-0.4, -0.2) is 15.6 Å². The van der Waals surface area contributed by atoms with Crippen LogP contribution in [-0.2, 0) is 7.05 Å². The van der Waals surface area contributed by atoms with Crippen LogP contribution in [0.5, 0.6) is 0 Å². The van der Waals surface area contributed by atoms with Gasteiger partial charge in [-0.15, -0.1) is 0 Å². The van der Waals surface area contributed by atoms with Crippen LogP contribution >= 0.6 is 0 Å². The van der Waals surface area contributed by atoms with Crippen LogP contribution in [0, 0.1) is 11.8 Å². The highest BCUT2D eigenvalue weighted by molar-refractivity contribution is 5.32. The molecule has 2 atom stereocenters. The highest BCUT2D eigenvalue weighted by Crippen LogP contribution is 2.31. The number of hydrogen-bond donors (Lipinski definition) is 1. The number of anilines is 1. The molecule has 0 saturated heterocycles. The fourth-order valence-corrected chi connectivity index (χ4v) is 2.91. The maximum atomic E-state index is 12.0. The molecule has 2 unspecified atom stereocenters. The van der Waals surface area contributed by atoms with Crippen LogP contribution in [0.2, 0.25) is 0 Å². The van der Waals surface area contributed by atoms with Gasteiger partial charge in [0.2, 0.25) is 0 Å². The number of hydrogen-bond acceptors (Lipinski definition) is 3. The molecule has 4 nitrogen and oxygen atoms in total. The van der Waals surface area contributed by atoms with E-state index in [0.717, 1.165) is 6.42 Å². The van der Waals surface area contributed by atoms with E-state index >= 15 is 0 Å². The van der Waals surface area contributed by atoms with E-state index in [4.69, 9.17) is 0 Å². The molecular formula is C14H23N3O. The van der Waals surface area contributed by atoms with Crippen LogP contribution in [0.3, 0.4) is 0 Å². The second-order valence-electron chi connectivity index (χ2n) is 5.64. The lowest BCUT2D eigenvalue weighted by Crippen LogP contribution is -2.37. The highest BCUT2D eigenvalue weighted by Gasteiger charge is 2.28. The number of nitrogens with one attached hydrogen (secondary N) is 1. The van der Waals surface area contributed by atoms with E-state index in [1.54, 1.807) is 24.0 Å². The minimum Gasteiger partial charge on any atom is -0.362 e. The third-order valence-corrected chi connectivity index (χ3v) is 4.01. The normalized spacial score (nSPS) is 24.2. The number of rotatable bonds is 3. The molecule has 0 aromatic carbocycles. The predicted molar refractivity (Wildman–Crippen MR) is 73.7 cm³/mol. The average molecular weight is 249 g/mol. The summed E-state index contributed by atoms with van der Waals surface area (Å²) < 4.78 is 1.57. The number of nitrogens with zero attached hydrogens (tertiary/aromatic N) is 2. The molecule has 100 valence electrons. The largest absolute Gasteiger partial charge is 0.362 e. The molecule has 4 heteroatoms. The SMILES string of the molecule is CC(C)C1CCCCC1Nc1nccn(C)c1=O. The first-order chi connectivity index (χ1) is 8.59. The third kappa shape index (κ3) is 2.74. The van der Waals surface area contributed by atoms with E-state index in [0.29, 0.717) is 23.7 Å². The zero-order valence-corrected chi connectivity index (χ0v) is 11.5. The van der Waals surface area contributed by atoms with E-state index in [9.17, 15) is 4.79 Å². The summed E-state index contributed by atoms with van der Waals surface area (Å²) in [6, 6.07) is 0.390. The van der Waals surface area contributed by atoms with Crippen LogP contribution < -0.4 is 10.9 Å². The van der Waals surface area contributed by atoms with E-state index < -0.39 is 0 Å². The smallest absolute Gasteiger partial charge is 0.293 e. The van der Waals surface area contributed by atoms with Crippen molar-refractivity contribution in [2.45, 2.75) is 45.6 Å². The van der Waals surface area contributed by atoms with E-state index in [1.807, 2.05) is 0 Å². The lowest BCUT2D eigenvalue weighted by atomic mass is 9.78. The van der Waals surface area contributed by atoms with Crippen LogP contribution in [0.1, 0.15) is 39.5 Å². The minimum absolute atomic E-state index is 0.0365. The van der Waals surface area contributed by atoms with Crippen LogP contribution in [0.25, 0.3) is 0 Å². The van der Waals surface area contributed by atoms with Crippen molar-refractivity contribution in [1.82, 2.24) is 9.55 Å². The van der Waals surface area contributed by atoms with E-state index in [-0.39, 0.29) is 5.56 Å². The molecule has 1 saturated carbocycles. The first-order valence-corrected chi connectivity index (χ1v) is 6.87. The summed E-state index contributed by atoms with van der Waals surface area (Å²) in [7, 11) is 1.76. The third-order valence-electron chi connectivity index (χ3n) is 4.01. The molecule has 1 aromatic heterocycles. The molecule has 1 N–H and O–H groups in total. The van der Waals surface area contributed by atoms with Crippen LogP contribution in [0.15, 0.2) is 17.2 Å². The Bertz CT molecular complexity index is 453. The quantitative estimate of drug-likeness (QED) is 0.895. The van der Waals surface area contributed by atoms with Crippen molar-refractivity contribution in [3.8, 4) is 0 Å². The van der Waals surface area contributed by atoms with Gasteiger partial charge >= 0.3 is 0 Å². The fourth-order valence-electron chi connectivity index (χ4n) is 2.91. The van der Waals surface area contributed by atoms with Gasteiger partial charge in [0.1, 0.15) is 0 Å². The molecule has 0 radical (unpaired) electrons. The van der Waals surface area contributed by atoms with Crippen molar-refractivity contribution in [2.75, 3.05) is 5.32 Å². The Morgan fingerprint density at radius 2 is 2.11 bits per heavy atom. The van der Waals surface area contributed by atoms with Gasteiger partial charge in [0.05, 0.1) is 0 Å². The molecule has 1 fully saturated rings. The second kappa shape index (κ2) is 5.55. The monoisotopic (exact) mass is 249 g/mol. The number of aromatic nitrogens is 2. The summed E-state index contributed by atoms with van der Waals surface area (Å²) in [5.41, 5.74) is -0.0365. The highest BCUT2D eigenvalue weighted by atomic mass is 16.1. The summed E-state index contributed by atoms with van der Waals surface area (Å²) in [5, 5.41) is 3.38. The first kappa shape index (κ1) is 13.1. The summed E-state index contributed by atoms with van der Waals surface area (Å²) in [6.45, 7) is 4.53. The summed E-state index contributed by atoms with van der Waals surface area (Å²) >= 11 is 0. The topological polar surface area (TPSA) is 46.9 Å². The van der Waals surface area contributed by atoms with Gasteiger partial charge in [0.15, 0.2) is 5.82 Å². The van der Waals surface area contributed by atoms with Crippen molar-refractivity contribution in [3.05, 3.63) is 22.7 Å². The maximum Gasteiger partial charge on any atom is 0.293 e. The molecule has 0 aliphatic heterocycles. The Balaban J connectivity index is 2.16. The lowest BCUT2D eigenvalue weighted by Gasteiger charge is -2.35. The Morgan fingerprint density at radius 1 is 1.39 bits per heavy atom. The van der Waals surface area contributed by atoms with Gasteiger partial charge in [-0.1, -0.05) is 26.7 Å². The Kier molecular flexibility index (Phi) is 4.04. The molecule has 2 rings (SSSR count). The van der Waals surface area contributed by atoms with E-state index in [2.05, 4.69) is 24.1 Å². The molecule has 1 aliphatic rings. The summed E-state index contributed by atoms with van der Waals surface area (Å²) in [6.07, 6.45) is 8.31. The Hall–Kier alpha value is -1.32. The summed E-state index contributed by atoms with van der Waals surface area (Å²) in [4.78, 5) is 16.1. The Labute approximate surface area is 108 Å². The fraction of sp³-hybridized carbons (Fsp3) is 0.714. The Morgan fingerprint density at radius 3 is 2.83 bits per heavy atom. The molecule has 1 heterocycles. The molecule has 0 bridgehead atoms. The zero-order valence-electron chi connectivity index (χ0n) is 11.5. The maximum absolute atomic E-state index is 12.0. The van der Waals surface area contributed by atoms with Gasteiger partial charge < -0.3 is 9.88 Å². The van der Waals surface area contributed by atoms with Crippen molar-refractivity contribution in [1.29, 1.82) is 0 Å². The van der Waals surface area contributed by atoms with Crippen LogP contribution in [0.4, 0.5) is 5.82 Å². The van der Waals surface area contributed by atoms with Gasteiger partial charge in [0, 0.05) is 25.5 Å². The molecule has 1 aromatic rings. The zero-order chi connectivity index (χ0) is 13.1. The number of aryl methyl sites for hydroxylation is 1. The first-order valence-electron chi connectivity index (χ1n) is 6.87.